The van der Waals surface area contributed by atoms with Crippen LogP contribution in [0, 0.1) is 0 Å². The van der Waals surface area contributed by atoms with Gasteiger partial charge < -0.3 is 14.2 Å². The predicted molar refractivity (Wildman–Crippen MR) is 108 cm³/mol. The number of piperazine rings is 1. The molecule has 1 aromatic carbocycles. The van der Waals surface area contributed by atoms with Crippen LogP contribution in [0.4, 0.5) is 5.69 Å². The van der Waals surface area contributed by atoms with E-state index in [1.807, 2.05) is 42.2 Å². The highest BCUT2D eigenvalue weighted by Crippen LogP contribution is 2.27. The van der Waals surface area contributed by atoms with Crippen LogP contribution in [0.2, 0.25) is 0 Å². The number of carbonyl (C=O) groups excluding carboxylic acids is 1. The van der Waals surface area contributed by atoms with Gasteiger partial charge in [0.2, 0.25) is 11.8 Å². The second kappa shape index (κ2) is 8.43. The molecule has 4 rings (SSSR count). The molecule has 1 fully saturated rings. The first-order valence-corrected chi connectivity index (χ1v) is 10.1. The third-order valence-electron chi connectivity index (χ3n) is 4.65. The Morgan fingerprint density at radius 3 is 2.57 bits per heavy atom. The van der Waals surface area contributed by atoms with E-state index in [0.29, 0.717) is 24.2 Å². The molecular weight excluding hydrogens is 374 g/mol. The van der Waals surface area contributed by atoms with Gasteiger partial charge in [-0.25, -0.2) is 0 Å². The van der Waals surface area contributed by atoms with E-state index in [4.69, 9.17) is 4.42 Å². The Hall–Kier alpha value is -2.87. The summed E-state index contributed by atoms with van der Waals surface area (Å²) >= 11 is 1.29. The van der Waals surface area contributed by atoms with Crippen LogP contribution in [-0.4, -0.2) is 57.4 Å². The highest BCUT2D eigenvalue weighted by atomic mass is 32.2. The summed E-state index contributed by atoms with van der Waals surface area (Å²) in [6, 6.07) is 14.0. The molecule has 28 heavy (non-hydrogen) atoms. The van der Waals surface area contributed by atoms with Crippen molar-refractivity contribution in [2.45, 2.75) is 17.4 Å². The average molecular weight is 395 g/mol. The van der Waals surface area contributed by atoms with Gasteiger partial charge >= 0.3 is 0 Å². The molecule has 0 aliphatic carbocycles. The van der Waals surface area contributed by atoms with Crippen molar-refractivity contribution >= 4 is 23.4 Å². The minimum atomic E-state index is -0.287. The SMILES string of the molecule is C[C@@H](Sc1nnc(-c2cccnc2)o1)C(=O)N1CCN(c2ccccc2)CC1. The molecule has 1 aliphatic heterocycles. The van der Waals surface area contributed by atoms with Gasteiger partial charge in [-0.3, -0.25) is 9.78 Å². The van der Waals surface area contributed by atoms with E-state index in [0.717, 1.165) is 18.7 Å². The van der Waals surface area contributed by atoms with Gasteiger partial charge in [0.05, 0.1) is 10.8 Å². The van der Waals surface area contributed by atoms with Gasteiger partial charge in [0.15, 0.2) is 0 Å². The molecule has 0 spiro atoms. The van der Waals surface area contributed by atoms with E-state index < -0.39 is 0 Å². The molecule has 0 N–H and O–H groups in total. The van der Waals surface area contributed by atoms with E-state index in [1.165, 1.54) is 17.4 Å². The maximum Gasteiger partial charge on any atom is 0.277 e. The molecule has 1 amide bonds. The molecule has 0 saturated carbocycles. The molecule has 8 heteroatoms. The highest BCUT2D eigenvalue weighted by Gasteiger charge is 2.27. The second-order valence-electron chi connectivity index (χ2n) is 6.52. The maximum atomic E-state index is 12.8. The summed E-state index contributed by atoms with van der Waals surface area (Å²) in [6.45, 7) is 4.97. The Morgan fingerprint density at radius 2 is 1.86 bits per heavy atom. The number of pyridine rings is 1. The third kappa shape index (κ3) is 4.17. The number of nitrogens with zero attached hydrogens (tertiary/aromatic N) is 5. The van der Waals surface area contributed by atoms with Gasteiger partial charge in [0, 0.05) is 44.3 Å². The molecule has 2 aromatic heterocycles. The van der Waals surface area contributed by atoms with Crippen LogP contribution in [0.1, 0.15) is 6.92 Å². The first kappa shape index (κ1) is 18.5. The summed E-state index contributed by atoms with van der Waals surface area (Å²) in [6.07, 6.45) is 3.36. The van der Waals surface area contributed by atoms with Crippen LogP contribution in [-0.2, 0) is 4.79 Å². The molecule has 3 aromatic rings. The van der Waals surface area contributed by atoms with Gasteiger partial charge in [-0.05, 0) is 31.2 Å². The Morgan fingerprint density at radius 1 is 1.07 bits per heavy atom. The van der Waals surface area contributed by atoms with Crippen LogP contribution in [0.15, 0.2) is 64.5 Å². The third-order valence-corrected chi connectivity index (χ3v) is 5.57. The van der Waals surface area contributed by atoms with E-state index in [-0.39, 0.29) is 11.2 Å². The van der Waals surface area contributed by atoms with Crippen molar-refractivity contribution < 1.29 is 9.21 Å². The first-order valence-electron chi connectivity index (χ1n) is 9.20. The highest BCUT2D eigenvalue weighted by molar-refractivity contribution is 8.00. The smallest absolute Gasteiger partial charge is 0.277 e. The average Bonchev–Trinajstić information content (AvgIpc) is 3.23. The number of hydrogen-bond acceptors (Lipinski definition) is 7. The fourth-order valence-corrected chi connectivity index (χ4v) is 3.91. The number of amides is 1. The van der Waals surface area contributed by atoms with Crippen LogP contribution in [0.3, 0.4) is 0 Å². The largest absolute Gasteiger partial charge is 0.411 e. The minimum Gasteiger partial charge on any atom is -0.411 e. The zero-order valence-corrected chi connectivity index (χ0v) is 16.4. The summed E-state index contributed by atoms with van der Waals surface area (Å²) in [5, 5.41) is 8.20. The van der Waals surface area contributed by atoms with Crippen molar-refractivity contribution in [3.8, 4) is 11.5 Å². The Balaban J connectivity index is 1.32. The number of anilines is 1. The number of thioether (sulfide) groups is 1. The lowest BCUT2D eigenvalue weighted by Crippen LogP contribution is -2.50. The minimum absolute atomic E-state index is 0.0961. The molecule has 1 aliphatic rings. The molecule has 1 saturated heterocycles. The number of rotatable bonds is 5. The van der Waals surface area contributed by atoms with Crippen LogP contribution in [0.5, 0.6) is 0 Å². The number of para-hydroxylation sites is 1. The van der Waals surface area contributed by atoms with Gasteiger partial charge in [0.1, 0.15) is 0 Å². The summed E-state index contributed by atoms with van der Waals surface area (Å²) in [5.41, 5.74) is 1.96. The fraction of sp³-hybridized carbons (Fsp3) is 0.300. The van der Waals surface area contributed by atoms with E-state index in [2.05, 4.69) is 32.2 Å². The number of hydrogen-bond donors (Lipinski definition) is 0. The number of benzene rings is 1. The zero-order chi connectivity index (χ0) is 19.3. The maximum absolute atomic E-state index is 12.8. The van der Waals surface area contributed by atoms with E-state index >= 15 is 0 Å². The molecule has 0 radical (unpaired) electrons. The van der Waals surface area contributed by atoms with Crippen LogP contribution < -0.4 is 4.90 Å². The van der Waals surface area contributed by atoms with Gasteiger partial charge in [-0.2, -0.15) is 0 Å². The topological polar surface area (TPSA) is 75.4 Å². The molecule has 1 atom stereocenters. The summed E-state index contributed by atoms with van der Waals surface area (Å²) in [7, 11) is 0. The summed E-state index contributed by atoms with van der Waals surface area (Å²) < 4.78 is 5.67. The predicted octanol–water partition coefficient (Wildman–Crippen LogP) is 2.96. The van der Waals surface area contributed by atoms with Crippen molar-refractivity contribution in [3.63, 3.8) is 0 Å². The van der Waals surface area contributed by atoms with Crippen LogP contribution in [0.25, 0.3) is 11.5 Å². The summed E-state index contributed by atoms with van der Waals surface area (Å²) in [4.78, 5) is 21.1. The standard InChI is InChI=1S/C20H21N5O2S/c1-15(28-20-23-22-18(27-20)16-6-5-9-21-14-16)19(26)25-12-10-24(11-13-25)17-7-3-2-4-8-17/h2-9,14-15H,10-13H2,1H3/t15-/m1/s1. The second-order valence-corrected chi connectivity index (χ2v) is 7.81. The lowest BCUT2D eigenvalue weighted by Gasteiger charge is -2.37. The van der Waals surface area contributed by atoms with Crippen molar-refractivity contribution in [1.29, 1.82) is 0 Å². The summed E-state index contributed by atoms with van der Waals surface area (Å²) in [5.74, 6) is 0.505. The van der Waals surface area contributed by atoms with Crippen molar-refractivity contribution in [2.24, 2.45) is 0 Å². The van der Waals surface area contributed by atoms with Crippen molar-refractivity contribution in [2.75, 3.05) is 31.1 Å². The fourth-order valence-electron chi connectivity index (χ4n) is 3.15. The molecule has 7 nitrogen and oxygen atoms in total. The first-order chi connectivity index (χ1) is 13.7. The van der Waals surface area contributed by atoms with Gasteiger partial charge in [-0.15, -0.1) is 10.2 Å². The van der Waals surface area contributed by atoms with E-state index in [1.54, 1.807) is 12.4 Å². The Labute approximate surface area is 167 Å². The number of aromatic nitrogens is 3. The van der Waals surface area contributed by atoms with Crippen LogP contribution >= 0.6 is 11.8 Å². The van der Waals surface area contributed by atoms with Gasteiger partial charge in [-0.1, -0.05) is 30.0 Å². The molecule has 0 bridgehead atoms. The Kier molecular flexibility index (Phi) is 5.57. The van der Waals surface area contributed by atoms with Crippen molar-refractivity contribution in [1.82, 2.24) is 20.1 Å². The molecule has 144 valence electrons. The zero-order valence-electron chi connectivity index (χ0n) is 15.6. The van der Waals surface area contributed by atoms with Gasteiger partial charge in [0.25, 0.3) is 5.22 Å². The monoisotopic (exact) mass is 395 g/mol. The van der Waals surface area contributed by atoms with Crippen molar-refractivity contribution in [3.05, 3.63) is 54.9 Å². The Bertz CT molecular complexity index is 911. The molecule has 0 unspecified atom stereocenters. The normalized spacial score (nSPS) is 15.5. The quantitative estimate of drug-likeness (QED) is 0.615. The lowest BCUT2D eigenvalue weighted by molar-refractivity contribution is -0.130. The van der Waals surface area contributed by atoms with E-state index in [9.17, 15) is 4.79 Å². The molecule has 3 heterocycles. The number of carbonyl (C=O) groups is 1. The molecular formula is C20H21N5O2S. The lowest BCUT2D eigenvalue weighted by atomic mass is 10.2.